The van der Waals surface area contributed by atoms with E-state index in [-0.39, 0.29) is 18.9 Å². The third-order valence-corrected chi connectivity index (χ3v) is 5.55. The molecule has 0 saturated heterocycles. The molecule has 0 aliphatic rings. The highest BCUT2D eigenvalue weighted by atomic mass is 16.4. The van der Waals surface area contributed by atoms with Crippen LogP contribution in [0.25, 0.3) is 21.9 Å². The maximum atomic E-state index is 12.6. The Kier molecular flexibility index (Phi) is 5.18. The molecule has 0 bridgehead atoms. The highest BCUT2D eigenvalue weighted by Gasteiger charge is 2.19. The van der Waals surface area contributed by atoms with Crippen LogP contribution in [0, 0.1) is 20.8 Å². The van der Waals surface area contributed by atoms with Crippen molar-refractivity contribution in [1.29, 1.82) is 0 Å². The largest absolute Gasteiger partial charge is 0.464 e. The molecule has 2 aromatic heterocycles. The van der Waals surface area contributed by atoms with Crippen molar-refractivity contribution in [2.45, 2.75) is 33.3 Å². The highest BCUT2D eigenvalue weighted by molar-refractivity contribution is 6.00. The second-order valence-electron chi connectivity index (χ2n) is 7.57. The molecule has 154 valence electrons. The molecule has 0 aliphatic carbocycles. The summed E-state index contributed by atoms with van der Waals surface area (Å²) in [6.07, 6.45) is 0.743. The van der Waals surface area contributed by atoms with Crippen LogP contribution in [0.5, 0.6) is 0 Å². The zero-order chi connectivity index (χ0) is 21.4. The molecule has 6 heteroatoms. The molecular weight excluding hydrogens is 382 g/mol. The summed E-state index contributed by atoms with van der Waals surface area (Å²) in [5.41, 5.74) is 4.14. The van der Waals surface area contributed by atoms with E-state index in [2.05, 4.69) is 5.32 Å². The van der Waals surface area contributed by atoms with Crippen LogP contribution in [0.4, 0.5) is 0 Å². The minimum absolute atomic E-state index is 0.0642. The lowest BCUT2D eigenvalue weighted by Gasteiger charge is -2.13. The quantitative estimate of drug-likeness (QED) is 0.492. The number of fused-ring (bicyclic) bond motifs is 2. The van der Waals surface area contributed by atoms with Gasteiger partial charge >= 0.3 is 5.63 Å². The van der Waals surface area contributed by atoms with Gasteiger partial charge in [-0.15, -0.1) is 0 Å². The second kappa shape index (κ2) is 7.80. The number of rotatable bonds is 5. The number of amides is 1. The van der Waals surface area contributed by atoms with Gasteiger partial charge in [-0.05, 0) is 43.5 Å². The number of aliphatic hydroxyl groups is 1. The zero-order valence-electron chi connectivity index (χ0n) is 17.1. The minimum atomic E-state index is -0.816. The van der Waals surface area contributed by atoms with E-state index < -0.39 is 11.7 Å². The summed E-state index contributed by atoms with van der Waals surface area (Å²) in [6, 6.07) is 11.0. The summed E-state index contributed by atoms with van der Waals surface area (Å²) >= 11 is 0. The van der Waals surface area contributed by atoms with Crippen molar-refractivity contribution >= 4 is 27.8 Å². The van der Waals surface area contributed by atoms with Gasteiger partial charge in [0.05, 0.1) is 24.4 Å². The molecule has 6 nitrogen and oxygen atoms in total. The third kappa shape index (κ3) is 3.50. The fraction of sp³-hybridized carbons (Fsp3) is 0.250. The summed E-state index contributed by atoms with van der Waals surface area (Å²) in [5.74, 6) is -0.350. The maximum absolute atomic E-state index is 12.6. The van der Waals surface area contributed by atoms with Crippen LogP contribution in [0.15, 0.2) is 56.3 Å². The second-order valence-corrected chi connectivity index (χ2v) is 7.57. The van der Waals surface area contributed by atoms with E-state index in [4.69, 9.17) is 8.83 Å². The first-order valence-corrected chi connectivity index (χ1v) is 9.80. The molecule has 0 unspecified atom stereocenters. The van der Waals surface area contributed by atoms with E-state index in [0.717, 1.165) is 21.9 Å². The average molecular weight is 405 g/mol. The lowest BCUT2D eigenvalue weighted by Crippen LogP contribution is -2.31. The standard InChI is InChI=1S/C24H23NO5/c1-13-12-29-22-15(3)23-18(9-17(13)22)14(2)19(24(28)30-23)10-21(27)25-11-20(26)16-7-5-4-6-8-16/h4-9,12,20,26H,10-11H2,1-3H3,(H,25,27)/t20-/m1/s1. The number of hydrogen-bond acceptors (Lipinski definition) is 5. The van der Waals surface area contributed by atoms with Gasteiger partial charge in [0.25, 0.3) is 0 Å². The Hall–Kier alpha value is -3.38. The van der Waals surface area contributed by atoms with Crippen molar-refractivity contribution in [3.8, 4) is 0 Å². The zero-order valence-corrected chi connectivity index (χ0v) is 17.1. The molecule has 1 amide bonds. The van der Waals surface area contributed by atoms with E-state index in [1.807, 2.05) is 45.0 Å². The van der Waals surface area contributed by atoms with Gasteiger partial charge in [-0.1, -0.05) is 30.3 Å². The Labute approximate surface area is 173 Å². The van der Waals surface area contributed by atoms with E-state index in [1.54, 1.807) is 18.4 Å². The van der Waals surface area contributed by atoms with E-state index in [0.29, 0.717) is 27.9 Å². The molecule has 4 aromatic rings. The number of benzene rings is 2. The van der Waals surface area contributed by atoms with E-state index in [9.17, 15) is 14.7 Å². The van der Waals surface area contributed by atoms with Crippen LogP contribution in [-0.2, 0) is 11.2 Å². The number of carbonyl (C=O) groups excluding carboxylic acids is 1. The summed E-state index contributed by atoms with van der Waals surface area (Å²) < 4.78 is 11.2. The molecule has 0 saturated carbocycles. The number of hydrogen-bond donors (Lipinski definition) is 2. The monoisotopic (exact) mass is 405 g/mol. The van der Waals surface area contributed by atoms with E-state index in [1.165, 1.54) is 0 Å². The fourth-order valence-corrected chi connectivity index (χ4v) is 3.75. The lowest BCUT2D eigenvalue weighted by molar-refractivity contribution is -0.120. The SMILES string of the molecule is Cc1coc2c(C)c3oc(=O)c(CC(=O)NC[C@@H](O)c4ccccc4)c(C)c3cc12. The highest BCUT2D eigenvalue weighted by Crippen LogP contribution is 2.32. The van der Waals surface area contributed by atoms with Gasteiger partial charge in [0.2, 0.25) is 5.91 Å². The Morgan fingerprint density at radius 1 is 1.07 bits per heavy atom. The van der Waals surface area contributed by atoms with Crippen molar-refractivity contribution in [1.82, 2.24) is 5.32 Å². The van der Waals surface area contributed by atoms with Crippen molar-refractivity contribution in [3.05, 3.63) is 80.9 Å². The van der Waals surface area contributed by atoms with Gasteiger partial charge in [-0.2, -0.15) is 0 Å². The normalized spacial score (nSPS) is 12.4. The average Bonchev–Trinajstić information content (AvgIpc) is 3.12. The number of aliphatic hydroxyl groups excluding tert-OH is 1. The third-order valence-electron chi connectivity index (χ3n) is 5.55. The van der Waals surface area contributed by atoms with Gasteiger partial charge < -0.3 is 19.3 Å². The Morgan fingerprint density at radius 3 is 2.53 bits per heavy atom. The molecular formula is C24H23NO5. The molecule has 2 aromatic carbocycles. The van der Waals surface area contributed by atoms with Gasteiger partial charge in [0.1, 0.15) is 11.2 Å². The summed E-state index contributed by atoms with van der Waals surface area (Å²) in [5, 5.41) is 14.7. The summed E-state index contributed by atoms with van der Waals surface area (Å²) in [7, 11) is 0. The summed E-state index contributed by atoms with van der Waals surface area (Å²) in [4.78, 5) is 25.1. The first-order chi connectivity index (χ1) is 14.4. The molecule has 4 rings (SSSR count). The predicted octanol–water partition coefficient (Wildman–Crippen LogP) is 3.86. The molecule has 0 fully saturated rings. The van der Waals surface area contributed by atoms with Gasteiger partial charge in [0.15, 0.2) is 0 Å². The molecule has 0 radical (unpaired) electrons. The molecule has 2 N–H and O–H groups in total. The number of carbonyl (C=O) groups is 1. The first-order valence-electron chi connectivity index (χ1n) is 9.80. The first kappa shape index (κ1) is 19.9. The summed E-state index contributed by atoms with van der Waals surface area (Å²) in [6.45, 7) is 5.70. The van der Waals surface area contributed by atoms with Crippen LogP contribution < -0.4 is 10.9 Å². The van der Waals surface area contributed by atoms with Crippen molar-refractivity contribution in [2.24, 2.45) is 0 Å². The van der Waals surface area contributed by atoms with Crippen molar-refractivity contribution in [2.75, 3.05) is 6.54 Å². The van der Waals surface area contributed by atoms with Crippen LogP contribution in [0.3, 0.4) is 0 Å². The van der Waals surface area contributed by atoms with Crippen LogP contribution in [0.2, 0.25) is 0 Å². The van der Waals surface area contributed by atoms with Crippen LogP contribution >= 0.6 is 0 Å². The van der Waals surface area contributed by atoms with E-state index >= 15 is 0 Å². The Bertz CT molecular complexity index is 1300. The molecule has 2 heterocycles. The fourth-order valence-electron chi connectivity index (χ4n) is 3.75. The van der Waals surface area contributed by atoms with Crippen molar-refractivity contribution in [3.63, 3.8) is 0 Å². The molecule has 30 heavy (non-hydrogen) atoms. The maximum Gasteiger partial charge on any atom is 0.340 e. The molecule has 1 atom stereocenters. The lowest BCUT2D eigenvalue weighted by atomic mass is 9.99. The van der Waals surface area contributed by atoms with Gasteiger partial charge in [-0.3, -0.25) is 4.79 Å². The van der Waals surface area contributed by atoms with Crippen LogP contribution in [-0.4, -0.2) is 17.6 Å². The smallest absolute Gasteiger partial charge is 0.340 e. The topological polar surface area (TPSA) is 92.7 Å². The molecule has 0 aliphatic heterocycles. The van der Waals surface area contributed by atoms with Gasteiger partial charge in [0, 0.05) is 22.9 Å². The van der Waals surface area contributed by atoms with Gasteiger partial charge in [-0.25, -0.2) is 4.79 Å². The minimum Gasteiger partial charge on any atom is -0.464 e. The number of aryl methyl sites for hydroxylation is 3. The number of nitrogens with one attached hydrogen (secondary N) is 1. The number of furan rings is 1. The Morgan fingerprint density at radius 2 is 1.80 bits per heavy atom. The molecule has 0 spiro atoms. The Balaban J connectivity index is 1.61. The van der Waals surface area contributed by atoms with Crippen molar-refractivity contribution < 1.29 is 18.7 Å². The predicted molar refractivity (Wildman–Crippen MR) is 115 cm³/mol. The van der Waals surface area contributed by atoms with Crippen LogP contribution in [0.1, 0.15) is 33.9 Å².